The van der Waals surface area contributed by atoms with E-state index in [1.54, 1.807) is 16.7 Å². The maximum atomic E-state index is 3.68. The highest BCUT2D eigenvalue weighted by Crippen LogP contribution is 2.36. The van der Waals surface area contributed by atoms with E-state index in [4.69, 9.17) is 0 Å². The second kappa shape index (κ2) is 3.23. The molecule has 0 saturated carbocycles. The second-order valence-electron chi connectivity index (χ2n) is 4.20. The minimum Gasteiger partial charge on any atom is -0.0795 e. The van der Waals surface area contributed by atoms with E-state index in [1.807, 2.05) is 0 Å². The lowest BCUT2D eigenvalue weighted by atomic mass is 9.86. The van der Waals surface area contributed by atoms with Crippen LogP contribution >= 0.6 is 15.9 Å². The van der Waals surface area contributed by atoms with Crippen LogP contribution in [0.15, 0.2) is 16.6 Å². The second-order valence-corrected chi connectivity index (χ2v) is 5.06. The first-order valence-electron chi connectivity index (χ1n) is 5.36. The van der Waals surface area contributed by atoms with Crippen molar-refractivity contribution in [3.63, 3.8) is 0 Å². The predicted octanol–water partition coefficient (Wildman–Crippen LogP) is 3.90. The summed E-state index contributed by atoms with van der Waals surface area (Å²) in [6.07, 6.45) is 11.0. The summed E-state index contributed by atoms with van der Waals surface area (Å²) in [5.41, 5.74) is 6.27. The average molecular weight is 249 g/mol. The van der Waals surface area contributed by atoms with Gasteiger partial charge in [-0.3, -0.25) is 0 Å². The predicted molar refractivity (Wildman–Crippen MR) is 63.5 cm³/mol. The molecule has 0 saturated heterocycles. The molecule has 0 N–H and O–H groups in total. The van der Waals surface area contributed by atoms with E-state index >= 15 is 0 Å². The third-order valence-corrected chi connectivity index (χ3v) is 4.02. The fourth-order valence-corrected chi connectivity index (χ4v) is 3.33. The van der Waals surface area contributed by atoms with Crippen LogP contribution in [0.3, 0.4) is 0 Å². The molecule has 0 fully saturated rings. The average Bonchev–Trinajstić information content (AvgIpc) is 2.67. The monoisotopic (exact) mass is 248 g/mol. The highest BCUT2D eigenvalue weighted by Gasteiger charge is 2.19. The lowest BCUT2D eigenvalue weighted by Crippen LogP contribution is -2.06. The molecule has 0 bridgehead atoms. The molecule has 0 aliphatic heterocycles. The van der Waals surface area contributed by atoms with Crippen LogP contribution in [-0.4, -0.2) is 0 Å². The Bertz CT molecular complexity index is 416. The Morgan fingerprint density at radius 2 is 1.93 bits per heavy atom. The first-order chi connectivity index (χ1) is 6.86. The van der Waals surface area contributed by atoms with Crippen molar-refractivity contribution in [2.45, 2.75) is 32.1 Å². The van der Waals surface area contributed by atoms with Crippen molar-refractivity contribution >= 4 is 22.0 Å². The summed E-state index contributed by atoms with van der Waals surface area (Å²) < 4.78 is 1.29. The van der Waals surface area contributed by atoms with Crippen LogP contribution in [0.1, 0.15) is 35.1 Å². The van der Waals surface area contributed by atoms with E-state index in [9.17, 15) is 0 Å². The number of fused-ring (bicyclic) bond motifs is 3. The Kier molecular flexibility index (Phi) is 2.01. The van der Waals surface area contributed by atoms with Crippen LogP contribution < -0.4 is 0 Å². The molecule has 2 aliphatic carbocycles. The minimum atomic E-state index is 1.15. The maximum Gasteiger partial charge on any atom is 0.0253 e. The number of benzene rings is 1. The molecule has 72 valence electrons. The molecule has 0 radical (unpaired) electrons. The number of hydrogen-bond acceptors (Lipinski definition) is 0. The summed E-state index contributed by atoms with van der Waals surface area (Å²) >= 11 is 3.68. The van der Waals surface area contributed by atoms with E-state index in [0.29, 0.717) is 0 Å². The number of hydrogen-bond donors (Lipinski definition) is 0. The van der Waals surface area contributed by atoms with Crippen LogP contribution in [0.25, 0.3) is 6.08 Å². The Balaban J connectivity index is 2.24. The van der Waals surface area contributed by atoms with Crippen LogP contribution in [0.2, 0.25) is 0 Å². The summed E-state index contributed by atoms with van der Waals surface area (Å²) in [5.74, 6) is 0. The quantitative estimate of drug-likeness (QED) is 0.654. The fraction of sp³-hybridized carbons (Fsp3) is 0.385. The third-order valence-electron chi connectivity index (χ3n) is 3.36. The zero-order chi connectivity index (χ0) is 9.54. The molecule has 0 amide bonds. The van der Waals surface area contributed by atoms with Crippen molar-refractivity contribution in [1.82, 2.24) is 0 Å². The summed E-state index contributed by atoms with van der Waals surface area (Å²) in [7, 11) is 0. The van der Waals surface area contributed by atoms with Gasteiger partial charge in [-0.1, -0.05) is 28.1 Å². The number of aryl methyl sites for hydroxylation is 1. The summed E-state index contributed by atoms with van der Waals surface area (Å²) in [6, 6.07) is 2.34. The third kappa shape index (κ3) is 1.18. The molecular weight excluding hydrogens is 236 g/mol. The molecule has 14 heavy (non-hydrogen) atoms. The van der Waals surface area contributed by atoms with E-state index in [1.165, 1.54) is 35.7 Å². The molecule has 0 heterocycles. The molecule has 0 nitrogen and oxygen atoms in total. The first kappa shape index (κ1) is 8.72. The van der Waals surface area contributed by atoms with Gasteiger partial charge >= 0.3 is 0 Å². The van der Waals surface area contributed by atoms with Gasteiger partial charge in [0, 0.05) is 4.47 Å². The molecule has 0 spiro atoms. The van der Waals surface area contributed by atoms with Crippen molar-refractivity contribution in [2.75, 3.05) is 0 Å². The Morgan fingerprint density at radius 1 is 1.07 bits per heavy atom. The van der Waals surface area contributed by atoms with Gasteiger partial charge in [-0.15, -0.1) is 0 Å². The molecule has 2 aliphatic rings. The SMILES string of the molecule is Brc1cc2c(c3c1C=CC3)CCCC2. The molecule has 0 atom stereocenters. The van der Waals surface area contributed by atoms with Gasteiger partial charge in [-0.25, -0.2) is 0 Å². The van der Waals surface area contributed by atoms with E-state index in [0.717, 1.165) is 6.42 Å². The van der Waals surface area contributed by atoms with Crippen molar-refractivity contribution < 1.29 is 0 Å². The van der Waals surface area contributed by atoms with Crippen molar-refractivity contribution in [3.8, 4) is 0 Å². The molecule has 1 aromatic rings. The van der Waals surface area contributed by atoms with Gasteiger partial charge in [0.25, 0.3) is 0 Å². The molecule has 1 heteroatoms. The van der Waals surface area contributed by atoms with Crippen molar-refractivity contribution in [3.05, 3.63) is 38.9 Å². The van der Waals surface area contributed by atoms with Crippen LogP contribution in [-0.2, 0) is 19.3 Å². The molecule has 3 rings (SSSR count). The Morgan fingerprint density at radius 3 is 2.86 bits per heavy atom. The molecule has 0 unspecified atom stereocenters. The maximum absolute atomic E-state index is 3.68. The van der Waals surface area contributed by atoms with Gasteiger partial charge in [-0.05, 0) is 60.4 Å². The van der Waals surface area contributed by atoms with Crippen LogP contribution in [0.5, 0.6) is 0 Å². The highest BCUT2D eigenvalue weighted by atomic mass is 79.9. The van der Waals surface area contributed by atoms with Gasteiger partial charge in [0.1, 0.15) is 0 Å². The van der Waals surface area contributed by atoms with Gasteiger partial charge in [0.15, 0.2) is 0 Å². The minimum absolute atomic E-state index is 1.15. The normalized spacial score (nSPS) is 18.1. The van der Waals surface area contributed by atoms with E-state index in [2.05, 4.69) is 34.1 Å². The van der Waals surface area contributed by atoms with E-state index < -0.39 is 0 Å². The van der Waals surface area contributed by atoms with Gasteiger partial charge in [0.05, 0.1) is 0 Å². The standard InChI is InChI=1S/C13H13Br/c14-13-8-9-4-1-2-5-10(9)11-6-3-7-12(11)13/h3,7-8H,1-2,4-6H2. The van der Waals surface area contributed by atoms with Gasteiger partial charge in [0.2, 0.25) is 0 Å². The highest BCUT2D eigenvalue weighted by molar-refractivity contribution is 9.10. The zero-order valence-electron chi connectivity index (χ0n) is 8.15. The van der Waals surface area contributed by atoms with Crippen molar-refractivity contribution in [1.29, 1.82) is 0 Å². The summed E-state index contributed by atoms with van der Waals surface area (Å²) in [5, 5.41) is 0. The van der Waals surface area contributed by atoms with Crippen LogP contribution in [0, 0.1) is 0 Å². The van der Waals surface area contributed by atoms with E-state index in [-0.39, 0.29) is 0 Å². The summed E-state index contributed by atoms with van der Waals surface area (Å²) in [4.78, 5) is 0. The molecule has 1 aromatic carbocycles. The lowest BCUT2D eigenvalue weighted by Gasteiger charge is -2.20. The Labute approximate surface area is 93.2 Å². The molecule has 0 aromatic heterocycles. The van der Waals surface area contributed by atoms with Crippen molar-refractivity contribution in [2.24, 2.45) is 0 Å². The Hall–Kier alpha value is -0.560. The number of allylic oxidation sites excluding steroid dienone is 1. The largest absolute Gasteiger partial charge is 0.0795 e. The van der Waals surface area contributed by atoms with Gasteiger partial charge in [-0.2, -0.15) is 0 Å². The topological polar surface area (TPSA) is 0 Å². The molecular formula is C13H13Br. The smallest absolute Gasteiger partial charge is 0.0253 e. The zero-order valence-corrected chi connectivity index (χ0v) is 9.73. The number of rotatable bonds is 0. The number of halogens is 1. The first-order valence-corrected chi connectivity index (χ1v) is 6.15. The summed E-state index contributed by atoms with van der Waals surface area (Å²) in [6.45, 7) is 0. The fourth-order valence-electron chi connectivity index (χ4n) is 2.68. The van der Waals surface area contributed by atoms with Crippen LogP contribution in [0.4, 0.5) is 0 Å². The van der Waals surface area contributed by atoms with Gasteiger partial charge < -0.3 is 0 Å². The lowest BCUT2D eigenvalue weighted by molar-refractivity contribution is 0.680.